The molecule has 2 heterocycles. The number of aliphatic hydroxyl groups is 2. The van der Waals surface area contributed by atoms with Gasteiger partial charge in [0.05, 0.1) is 11.5 Å². The number of hydrogen-bond acceptors (Lipinski definition) is 9. The maximum Gasteiger partial charge on any atom is 0.351 e. The molecule has 4 N–H and O–H groups in total. The lowest BCUT2D eigenvalue weighted by Crippen LogP contribution is -2.39. The van der Waals surface area contributed by atoms with Gasteiger partial charge in [0.15, 0.2) is 6.23 Å². The fourth-order valence-corrected chi connectivity index (χ4v) is 3.85. The maximum atomic E-state index is 12.5. The number of hydrogen-bond donors (Lipinski definition) is 3. The summed E-state index contributed by atoms with van der Waals surface area (Å²) < 4.78 is 36.5. The number of ether oxygens (including phenoxy) is 1. The Bertz CT molecular complexity index is 974. The first-order valence-electron chi connectivity index (χ1n) is 8.02. The number of aromatic nitrogens is 2. The molecule has 1 aromatic carbocycles. The van der Waals surface area contributed by atoms with E-state index < -0.39 is 47.0 Å². The molecule has 1 fully saturated rings. The van der Waals surface area contributed by atoms with Crippen molar-refractivity contribution in [2.45, 2.75) is 36.4 Å². The summed E-state index contributed by atoms with van der Waals surface area (Å²) in [6.07, 6.45) is -4.18. The molecule has 0 amide bonds. The lowest BCUT2D eigenvalue weighted by atomic mass is 10.1. The van der Waals surface area contributed by atoms with Gasteiger partial charge in [-0.25, -0.2) is 4.79 Å². The fraction of sp³-hybridized carbons (Fsp3) is 0.375. The Balaban J connectivity index is 1.88. The van der Waals surface area contributed by atoms with Crippen molar-refractivity contribution in [3.63, 3.8) is 0 Å². The molecule has 0 radical (unpaired) electrons. The molecule has 146 valence electrons. The summed E-state index contributed by atoms with van der Waals surface area (Å²) >= 11 is 0. The van der Waals surface area contributed by atoms with Gasteiger partial charge < -0.3 is 20.7 Å². The van der Waals surface area contributed by atoms with Crippen molar-refractivity contribution in [2.75, 3.05) is 12.3 Å². The van der Waals surface area contributed by atoms with Crippen LogP contribution in [0.1, 0.15) is 11.8 Å². The van der Waals surface area contributed by atoms with Gasteiger partial charge in [-0.15, -0.1) is 0 Å². The van der Waals surface area contributed by atoms with E-state index in [1.54, 1.807) is 19.1 Å². The minimum atomic E-state index is -4.23. The predicted molar refractivity (Wildman–Crippen MR) is 93.1 cm³/mol. The first-order valence-corrected chi connectivity index (χ1v) is 9.43. The molecule has 3 rings (SSSR count). The predicted octanol–water partition coefficient (Wildman–Crippen LogP) is -0.841. The summed E-state index contributed by atoms with van der Waals surface area (Å²) in [6, 6.07) is 7.26. The molecule has 1 aliphatic rings. The highest BCUT2D eigenvalue weighted by Crippen LogP contribution is 2.32. The minimum Gasteiger partial charge on any atom is -0.394 e. The Labute approximate surface area is 154 Å². The molecule has 27 heavy (non-hydrogen) atoms. The van der Waals surface area contributed by atoms with Gasteiger partial charge in [-0.1, -0.05) is 17.7 Å². The quantitative estimate of drug-likeness (QED) is 0.548. The molecule has 0 aliphatic carbocycles. The van der Waals surface area contributed by atoms with Crippen LogP contribution in [0.25, 0.3) is 0 Å². The number of benzene rings is 1. The Kier molecular flexibility index (Phi) is 5.31. The van der Waals surface area contributed by atoms with E-state index in [1.807, 2.05) is 0 Å². The van der Waals surface area contributed by atoms with Gasteiger partial charge in [0.1, 0.15) is 24.1 Å². The smallest absolute Gasteiger partial charge is 0.351 e. The fourth-order valence-electron chi connectivity index (χ4n) is 2.74. The van der Waals surface area contributed by atoms with Gasteiger partial charge in [-0.2, -0.15) is 13.4 Å². The molecular weight excluding hydrogens is 378 g/mol. The zero-order valence-corrected chi connectivity index (χ0v) is 15.1. The van der Waals surface area contributed by atoms with Crippen molar-refractivity contribution in [2.24, 2.45) is 0 Å². The van der Waals surface area contributed by atoms with Crippen LogP contribution in [0.4, 0.5) is 5.82 Å². The van der Waals surface area contributed by atoms with Gasteiger partial charge in [0.2, 0.25) is 0 Å². The minimum absolute atomic E-state index is 0.0165. The summed E-state index contributed by atoms with van der Waals surface area (Å²) in [6.45, 7) is 1.18. The molecule has 10 nitrogen and oxygen atoms in total. The third-order valence-electron chi connectivity index (χ3n) is 4.16. The lowest BCUT2D eigenvalue weighted by molar-refractivity contribution is -0.0542. The zero-order chi connectivity index (χ0) is 19.8. The van der Waals surface area contributed by atoms with Crippen molar-refractivity contribution in [3.8, 4) is 0 Å². The van der Waals surface area contributed by atoms with Gasteiger partial charge in [0, 0.05) is 6.20 Å². The highest BCUT2D eigenvalue weighted by Gasteiger charge is 2.48. The number of nitrogens with two attached hydrogens (primary N) is 1. The van der Waals surface area contributed by atoms with E-state index in [1.165, 1.54) is 24.4 Å². The normalized spacial score (nSPS) is 25.6. The van der Waals surface area contributed by atoms with Crippen LogP contribution in [-0.2, 0) is 19.0 Å². The van der Waals surface area contributed by atoms with E-state index in [9.17, 15) is 23.4 Å². The van der Waals surface area contributed by atoms with E-state index in [4.69, 9.17) is 14.7 Å². The maximum absolute atomic E-state index is 12.5. The van der Waals surface area contributed by atoms with Crippen molar-refractivity contribution < 1.29 is 27.6 Å². The lowest BCUT2D eigenvalue weighted by Gasteiger charge is -2.19. The molecule has 1 aliphatic heterocycles. The van der Waals surface area contributed by atoms with Gasteiger partial charge in [-0.3, -0.25) is 8.75 Å². The number of nitrogens with zero attached hydrogens (tertiary/aromatic N) is 2. The third-order valence-corrected chi connectivity index (χ3v) is 5.49. The zero-order valence-electron chi connectivity index (χ0n) is 14.3. The van der Waals surface area contributed by atoms with Crippen molar-refractivity contribution in [3.05, 3.63) is 52.6 Å². The summed E-state index contributed by atoms with van der Waals surface area (Å²) in [7, 11) is -4.23. The summed E-state index contributed by atoms with van der Waals surface area (Å²) in [5, 5.41) is 20.0. The van der Waals surface area contributed by atoms with E-state index in [-0.39, 0.29) is 10.7 Å². The highest BCUT2D eigenvalue weighted by molar-refractivity contribution is 7.86. The van der Waals surface area contributed by atoms with E-state index in [2.05, 4.69) is 4.98 Å². The van der Waals surface area contributed by atoms with Crippen molar-refractivity contribution in [1.82, 2.24) is 9.55 Å². The largest absolute Gasteiger partial charge is 0.394 e. The highest BCUT2D eigenvalue weighted by atomic mass is 32.2. The molecule has 1 aromatic heterocycles. The monoisotopic (exact) mass is 397 g/mol. The first-order chi connectivity index (χ1) is 12.7. The number of aliphatic hydroxyl groups excluding tert-OH is 2. The second-order valence-electron chi connectivity index (χ2n) is 6.11. The molecule has 4 atom stereocenters. The molecule has 0 spiro atoms. The molecule has 1 saturated heterocycles. The summed E-state index contributed by atoms with van der Waals surface area (Å²) in [5.41, 5.74) is 5.50. The molecule has 2 aromatic rings. The number of rotatable bonds is 5. The Morgan fingerprint density at radius 3 is 2.56 bits per heavy atom. The molecule has 0 saturated carbocycles. The van der Waals surface area contributed by atoms with Crippen LogP contribution >= 0.6 is 0 Å². The topological polar surface area (TPSA) is 154 Å². The standard InChI is InChI=1S/C16H19N3O7S/c1-9-2-4-10(5-3-9)27(23,24)26-14-11(8-20)25-15(13(14)21)19-7-6-12(17)18-16(19)22/h2-7,11,13-15,20-21H,8H2,1H3,(H2,17,18,22)/t11-,13-,14+,15-/m1/s1. The van der Waals surface area contributed by atoms with Gasteiger partial charge >= 0.3 is 5.69 Å². The van der Waals surface area contributed by atoms with Crippen LogP contribution in [0.2, 0.25) is 0 Å². The van der Waals surface area contributed by atoms with Gasteiger partial charge in [-0.05, 0) is 25.1 Å². The van der Waals surface area contributed by atoms with Gasteiger partial charge in [0.25, 0.3) is 10.1 Å². The van der Waals surface area contributed by atoms with Crippen LogP contribution in [0.15, 0.2) is 46.2 Å². The number of aryl methyl sites for hydroxylation is 1. The van der Waals surface area contributed by atoms with Crippen LogP contribution in [-0.4, -0.2) is 53.1 Å². The Morgan fingerprint density at radius 1 is 1.30 bits per heavy atom. The molecule has 0 bridgehead atoms. The Morgan fingerprint density at radius 2 is 1.96 bits per heavy atom. The van der Waals surface area contributed by atoms with Crippen LogP contribution in [0.3, 0.4) is 0 Å². The molecule has 11 heteroatoms. The number of nitrogen functional groups attached to an aromatic ring is 1. The van der Waals surface area contributed by atoms with Crippen molar-refractivity contribution in [1.29, 1.82) is 0 Å². The van der Waals surface area contributed by atoms with Crippen molar-refractivity contribution >= 4 is 15.9 Å². The average Bonchev–Trinajstić information content (AvgIpc) is 2.91. The molecular formula is C16H19N3O7S. The summed E-state index contributed by atoms with van der Waals surface area (Å²) in [5.74, 6) is -0.0165. The number of anilines is 1. The van der Waals surface area contributed by atoms with Crippen LogP contribution < -0.4 is 11.4 Å². The second kappa shape index (κ2) is 7.37. The Hall–Kier alpha value is -2.31. The third kappa shape index (κ3) is 3.87. The van der Waals surface area contributed by atoms with E-state index >= 15 is 0 Å². The van der Waals surface area contributed by atoms with E-state index in [0.29, 0.717) is 0 Å². The summed E-state index contributed by atoms with van der Waals surface area (Å²) in [4.78, 5) is 15.4. The first kappa shape index (κ1) is 19.5. The SMILES string of the molecule is Cc1ccc(S(=O)(=O)O[C@@H]2[C@@H](O)[C@H](n3ccc(N)nc3=O)O[C@@H]2CO)cc1. The van der Waals surface area contributed by atoms with Crippen LogP contribution in [0.5, 0.6) is 0 Å². The van der Waals surface area contributed by atoms with E-state index in [0.717, 1.165) is 10.1 Å². The van der Waals surface area contributed by atoms with Crippen LogP contribution in [0, 0.1) is 6.92 Å². The molecule has 0 unspecified atom stereocenters. The second-order valence-corrected chi connectivity index (χ2v) is 7.68. The average molecular weight is 397 g/mol.